The maximum Gasteiger partial charge on any atom is 0.410 e. The highest BCUT2D eigenvalue weighted by Crippen LogP contribution is 2.48. The van der Waals surface area contributed by atoms with E-state index in [9.17, 15) is 4.79 Å². The van der Waals surface area contributed by atoms with Crippen molar-refractivity contribution < 1.29 is 14.3 Å². The van der Waals surface area contributed by atoms with Gasteiger partial charge in [0.2, 0.25) is 0 Å². The molecule has 3 atom stereocenters. The Kier molecular flexibility index (Phi) is 5.61. The van der Waals surface area contributed by atoms with Crippen LogP contribution in [0.4, 0.5) is 10.5 Å². The van der Waals surface area contributed by atoms with Gasteiger partial charge in [-0.3, -0.25) is 5.32 Å². The van der Waals surface area contributed by atoms with Gasteiger partial charge in [0.15, 0.2) is 0 Å². The molecule has 3 heterocycles. The van der Waals surface area contributed by atoms with Gasteiger partial charge in [-0.15, -0.1) is 0 Å². The lowest BCUT2D eigenvalue weighted by atomic mass is 10.0. The number of hydrogen-bond acceptors (Lipinski definition) is 7. The van der Waals surface area contributed by atoms with Gasteiger partial charge in [0.05, 0.1) is 12.3 Å². The average Bonchev–Trinajstić information content (AvgIpc) is 3.17. The van der Waals surface area contributed by atoms with Crippen LogP contribution in [-0.4, -0.2) is 60.9 Å². The van der Waals surface area contributed by atoms with Crippen molar-refractivity contribution in [2.75, 3.05) is 31.6 Å². The molecule has 160 valence electrons. The fourth-order valence-corrected chi connectivity index (χ4v) is 5.48. The van der Waals surface area contributed by atoms with Gasteiger partial charge in [0.25, 0.3) is 0 Å². The third-order valence-electron chi connectivity index (χ3n) is 5.72. The molecular weight excluding hydrogens is 388 g/mol. The van der Waals surface area contributed by atoms with Crippen molar-refractivity contribution in [3.05, 3.63) is 17.7 Å². The van der Waals surface area contributed by atoms with Crippen LogP contribution < -0.4 is 20.7 Å². The first-order valence-electron chi connectivity index (χ1n) is 10.4. The van der Waals surface area contributed by atoms with Crippen LogP contribution >= 0.6 is 11.8 Å². The summed E-state index contributed by atoms with van der Waals surface area (Å²) in [7, 11) is 2.13. The average molecular weight is 421 g/mol. The van der Waals surface area contributed by atoms with Crippen LogP contribution in [0.25, 0.3) is 0 Å². The number of nitrogens with one attached hydrogen (secondary N) is 1. The highest BCUT2D eigenvalue weighted by atomic mass is 32.2. The Morgan fingerprint density at radius 1 is 1.31 bits per heavy atom. The van der Waals surface area contributed by atoms with E-state index in [0.717, 1.165) is 31.6 Å². The van der Waals surface area contributed by atoms with Crippen LogP contribution in [0.15, 0.2) is 17.0 Å². The molecule has 0 aliphatic carbocycles. The summed E-state index contributed by atoms with van der Waals surface area (Å²) in [6.45, 7) is 7.73. The number of carbonyl (C=O) groups is 1. The zero-order valence-electron chi connectivity index (χ0n) is 17.7. The smallest absolute Gasteiger partial charge is 0.410 e. The molecule has 1 aromatic rings. The predicted octanol–water partition coefficient (Wildman–Crippen LogP) is 2.76. The fraction of sp³-hybridized carbons (Fsp3) is 0.667. The van der Waals surface area contributed by atoms with Gasteiger partial charge in [0, 0.05) is 49.1 Å². The SMILES string of the molecule is CN1c2c(ccc3c2CCO3)SC1N[C@@H]1CCN(C(=O)OC(C)(C)C)CC[C@@H]1N. The zero-order chi connectivity index (χ0) is 20.8. The number of rotatable bonds is 2. The van der Waals surface area contributed by atoms with E-state index in [1.54, 1.807) is 4.90 Å². The maximum absolute atomic E-state index is 12.5. The number of ether oxygens (including phenoxy) is 2. The maximum atomic E-state index is 12.5. The molecule has 1 saturated heterocycles. The third kappa shape index (κ3) is 4.29. The molecule has 1 aromatic carbocycles. The molecule has 0 saturated carbocycles. The van der Waals surface area contributed by atoms with Crippen molar-refractivity contribution in [2.24, 2.45) is 5.73 Å². The Morgan fingerprint density at radius 3 is 2.83 bits per heavy atom. The summed E-state index contributed by atoms with van der Waals surface area (Å²) in [5.74, 6) is 1.01. The summed E-state index contributed by atoms with van der Waals surface area (Å²) < 4.78 is 11.3. The quantitative estimate of drug-likeness (QED) is 0.761. The van der Waals surface area contributed by atoms with E-state index < -0.39 is 5.60 Å². The fourth-order valence-electron chi connectivity index (χ4n) is 4.21. The number of carbonyl (C=O) groups excluding carboxylic acids is 1. The van der Waals surface area contributed by atoms with Crippen molar-refractivity contribution in [2.45, 2.75) is 68.1 Å². The number of amides is 1. The Balaban J connectivity index is 1.40. The third-order valence-corrected chi connectivity index (χ3v) is 6.98. The minimum atomic E-state index is -0.484. The minimum Gasteiger partial charge on any atom is -0.493 e. The lowest BCUT2D eigenvalue weighted by molar-refractivity contribution is 0.0255. The summed E-state index contributed by atoms with van der Waals surface area (Å²) in [5, 5.41) is 3.75. The lowest BCUT2D eigenvalue weighted by Crippen LogP contribution is -2.52. The largest absolute Gasteiger partial charge is 0.493 e. The topological polar surface area (TPSA) is 80.1 Å². The second kappa shape index (κ2) is 7.89. The number of benzene rings is 1. The van der Waals surface area contributed by atoms with Crippen LogP contribution in [0.2, 0.25) is 0 Å². The molecule has 29 heavy (non-hydrogen) atoms. The molecule has 3 aliphatic heterocycles. The van der Waals surface area contributed by atoms with Crippen LogP contribution in [0, 0.1) is 0 Å². The van der Waals surface area contributed by atoms with Crippen molar-refractivity contribution in [1.29, 1.82) is 0 Å². The van der Waals surface area contributed by atoms with E-state index in [-0.39, 0.29) is 23.7 Å². The predicted molar refractivity (Wildman–Crippen MR) is 116 cm³/mol. The Morgan fingerprint density at radius 2 is 2.07 bits per heavy atom. The van der Waals surface area contributed by atoms with Gasteiger partial charge in [-0.2, -0.15) is 0 Å². The minimum absolute atomic E-state index is 0.00537. The number of nitrogens with two attached hydrogens (primary N) is 1. The summed E-state index contributed by atoms with van der Waals surface area (Å²) in [4.78, 5) is 17.8. The summed E-state index contributed by atoms with van der Waals surface area (Å²) in [6, 6.07) is 4.37. The molecule has 1 fully saturated rings. The second-order valence-corrected chi connectivity index (χ2v) is 10.2. The van der Waals surface area contributed by atoms with Crippen molar-refractivity contribution in [3.63, 3.8) is 0 Å². The lowest BCUT2D eigenvalue weighted by Gasteiger charge is -2.30. The van der Waals surface area contributed by atoms with E-state index >= 15 is 0 Å². The van der Waals surface area contributed by atoms with Crippen LogP contribution in [0.5, 0.6) is 5.75 Å². The monoisotopic (exact) mass is 420 g/mol. The van der Waals surface area contributed by atoms with E-state index in [1.807, 2.05) is 32.5 Å². The first kappa shape index (κ1) is 20.6. The van der Waals surface area contributed by atoms with Gasteiger partial charge in [0.1, 0.15) is 16.8 Å². The molecule has 4 rings (SSSR count). The Bertz CT molecular complexity index is 782. The molecule has 0 radical (unpaired) electrons. The van der Waals surface area contributed by atoms with Crippen LogP contribution in [0.1, 0.15) is 39.2 Å². The van der Waals surface area contributed by atoms with Crippen LogP contribution in [-0.2, 0) is 11.2 Å². The first-order valence-corrected chi connectivity index (χ1v) is 11.3. The molecule has 3 aliphatic rings. The Hall–Kier alpha value is -1.64. The molecular formula is C21H32N4O3S. The molecule has 8 heteroatoms. The Labute approximate surface area is 177 Å². The summed E-state index contributed by atoms with van der Waals surface area (Å²) in [5.41, 5.74) is 8.73. The highest BCUT2D eigenvalue weighted by Gasteiger charge is 2.36. The van der Waals surface area contributed by atoms with Crippen molar-refractivity contribution in [3.8, 4) is 5.75 Å². The van der Waals surface area contributed by atoms with Gasteiger partial charge in [-0.25, -0.2) is 4.79 Å². The normalized spacial score (nSPS) is 26.6. The summed E-state index contributed by atoms with van der Waals surface area (Å²) in [6.07, 6.45) is 2.28. The van der Waals surface area contributed by atoms with E-state index in [1.165, 1.54) is 16.1 Å². The molecule has 0 aromatic heterocycles. The van der Waals surface area contributed by atoms with E-state index in [0.29, 0.717) is 13.1 Å². The standard InChI is InChI=1S/C21H32N4O3S/c1-21(2,3)28-20(26)25-10-7-14(22)15(8-11-25)23-19-24(4)18-13-9-12-27-16(13)5-6-17(18)29-19/h5-6,14-15,19,23H,7-12,22H2,1-4H3/t14-,15+,19?/m0/s1. The van der Waals surface area contributed by atoms with Crippen molar-refractivity contribution >= 4 is 23.5 Å². The van der Waals surface area contributed by atoms with Gasteiger partial charge in [-0.1, -0.05) is 11.8 Å². The molecule has 1 amide bonds. The number of nitrogens with zero attached hydrogens (tertiary/aromatic N) is 2. The number of likely N-dealkylation sites (tertiary alicyclic amines) is 1. The number of thioether (sulfide) groups is 1. The molecule has 0 bridgehead atoms. The molecule has 7 nitrogen and oxygen atoms in total. The van der Waals surface area contributed by atoms with Crippen molar-refractivity contribution in [1.82, 2.24) is 10.2 Å². The summed E-state index contributed by atoms with van der Waals surface area (Å²) >= 11 is 1.83. The van der Waals surface area contributed by atoms with Gasteiger partial charge >= 0.3 is 6.09 Å². The number of hydrogen-bond donors (Lipinski definition) is 2. The van der Waals surface area contributed by atoms with Gasteiger partial charge in [-0.05, 0) is 45.7 Å². The molecule has 1 unspecified atom stereocenters. The number of anilines is 1. The second-order valence-electron chi connectivity index (χ2n) is 9.05. The molecule has 3 N–H and O–H groups in total. The highest BCUT2D eigenvalue weighted by molar-refractivity contribution is 8.00. The van der Waals surface area contributed by atoms with Crippen LogP contribution in [0.3, 0.4) is 0 Å². The first-order chi connectivity index (χ1) is 13.7. The zero-order valence-corrected chi connectivity index (χ0v) is 18.6. The van der Waals surface area contributed by atoms with E-state index in [2.05, 4.69) is 29.4 Å². The molecule has 0 spiro atoms. The number of fused-ring (bicyclic) bond motifs is 3. The van der Waals surface area contributed by atoms with Gasteiger partial charge < -0.3 is 25.0 Å². The van der Waals surface area contributed by atoms with E-state index in [4.69, 9.17) is 15.2 Å².